The van der Waals surface area contributed by atoms with Crippen LogP contribution in [0.5, 0.6) is 5.75 Å². The molecule has 0 aromatic heterocycles. The van der Waals surface area contributed by atoms with E-state index in [1.54, 1.807) is 0 Å². The van der Waals surface area contributed by atoms with E-state index in [2.05, 4.69) is 13.8 Å². The number of hydrogen-bond acceptors (Lipinski definition) is 1. The van der Waals surface area contributed by atoms with Crippen LogP contribution in [0.15, 0.2) is 0 Å². The molecule has 0 saturated carbocycles. The van der Waals surface area contributed by atoms with Gasteiger partial charge in [0.15, 0.2) is 29.0 Å². The second-order valence-corrected chi connectivity index (χ2v) is 14.9. The minimum Gasteiger partial charge on any atom is -0.539 e. The van der Waals surface area contributed by atoms with E-state index in [0.29, 0.717) is 12.1 Å². The van der Waals surface area contributed by atoms with Gasteiger partial charge in [-0.2, -0.15) is 4.39 Å². The van der Waals surface area contributed by atoms with Gasteiger partial charge in [-0.1, -0.05) is 105 Å². The van der Waals surface area contributed by atoms with E-state index in [0.717, 1.165) is 77.0 Å². The van der Waals surface area contributed by atoms with Gasteiger partial charge in [0.1, 0.15) is 5.82 Å². The highest BCUT2D eigenvalue weighted by molar-refractivity contribution is 6.75. The lowest BCUT2D eigenvalue weighted by Crippen LogP contribution is -2.45. The first-order valence-electron chi connectivity index (χ1n) is 13.9. The van der Waals surface area contributed by atoms with Crippen LogP contribution in [0.25, 0.3) is 10.8 Å². The predicted molar refractivity (Wildman–Crippen MR) is 140 cm³/mol. The van der Waals surface area contributed by atoms with Gasteiger partial charge in [-0.3, -0.25) is 0 Å². The first-order valence-corrected chi connectivity index (χ1v) is 16.3. The van der Waals surface area contributed by atoms with Gasteiger partial charge in [-0.05, 0) is 17.6 Å². The summed E-state index contributed by atoms with van der Waals surface area (Å²) in [5, 5.41) is -2.58. The summed E-state index contributed by atoms with van der Waals surface area (Å²) in [6, 6.07) is 2.56. The minimum absolute atomic E-state index is 0.0706. The maximum Gasteiger partial charge on any atom is 0.254 e. The summed E-state index contributed by atoms with van der Waals surface area (Å²) in [5.74, 6) is -11.5. The number of halogens is 6. The summed E-state index contributed by atoms with van der Waals surface area (Å²) >= 11 is 0. The van der Waals surface area contributed by atoms with Gasteiger partial charge >= 0.3 is 0 Å². The van der Waals surface area contributed by atoms with Crippen molar-refractivity contribution in [3.8, 4) is 5.75 Å². The summed E-state index contributed by atoms with van der Waals surface area (Å²) in [6.07, 6.45) is 12.3. The molecule has 2 aromatic carbocycles. The van der Waals surface area contributed by atoms with Crippen molar-refractivity contribution in [1.82, 2.24) is 0 Å². The van der Waals surface area contributed by atoms with E-state index in [9.17, 15) is 17.6 Å². The maximum absolute atomic E-state index is 15.5. The van der Waals surface area contributed by atoms with Crippen LogP contribution in [0.3, 0.4) is 0 Å². The first kappa shape index (κ1) is 31.5. The summed E-state index contributed by atoms with van der Waals surface area (Å²) in [4.78, 5) is 0. The fourth-order valence-electron chi connectivity index (χ4n) is 5.00. The highest BCUT2D eigenvalue weighted by Crippen LogP contribution is 2.42. The van der Waals surface area contributed by atoms with Crippen molar-refractivity contribution < 1.29 is 30.8 Å². The van der Waals surface area contributed by atoms with Crippen LogP contribution in [0.1, 0.15) is 105 Å². The Hall–Kier alpha value is -1.70. The second-order valence-electron chi connectivity index (χ2n) is 10.4. The van der Waals surface area contributed by atoms with Crippen molar-refractivity contribution >= 4 is 19.1 Å². The Bertz CT molecular complexity index is 994. The molecule has 0 amide bonds. The molecule has 0 aliphatic rings. The summed E-state index contributed by atoms with van der Waals surface area (Å²) in [6.45, 7) is 8.13. The van der Waals surface area contributed by atoms with Gasteiger partial charge in [0.2, 0.25) is 5.82 Å². The molecular weight excluding hydrogens is 506 g/mol. The molecule has 0 heterocycles. The molecule has 1 radical (unpaired) electrons. The standard InChI is InChI=1S/C29H41F6OSi/c1-5-7-9-11-13-15-17-37(20(3)4,18-16-14-12-10-8-6-2)36-29-27(34)24-23(26(33)28(29)35)21(30)19-22(31)25(24)32/h20H,5-18H2,1-4H3. The van der Waals surface area contributed by atoms with Crippen LogP contribution in [0.2, 0.25) is 17.6 Å². The predicted octanol–water partition coefficient (Wildman–Crippen LogP) is 10.9. The third kappa shape index (κ3) is 7.90. The molecule has 1 nitrogen and oxygen atoms in total. The second kappa shape index (κ2) is 15.0. The van der Waals surface area contributed by atoms with E-state index in [4.69, 9.17) is 4.43 Å². The topological polar surface area (TPSA) is 9.23 Å². The van der Waals surface area contributed by atoms with E-state index in [1.165, 1.54) is 6.07 Å². The van der Waals surface area contributed by atoms with Gasteiger partial charge < -0.3 is 4.43 Å². The van der Waals surface area contributed by atoms with Crippen molar-refractivity contribution in [3.05, 3.63) is 41.0 Å². The monoisotopic (exact) mass is 547 g/mol. The molecule has 0 saturated heterocycles. The highest BCUT2D eigenvalue weighted by Gasteiger charge is 2.42. The molecule has 0 spiro atoms. The lowest BCUT2D eigenvalue weighted by atomic mass is 10.1. The summed E-state index contributed by atoms with van der Waals surface area (Å²) in [7, 11) is -2.93. The van der Waals surface area contributed by atoms with Crippen molar-refractivity contribution in [2.24, 2.45) is 0 Å². The van der Waals surface area contributed by atoms with E-state index >= 15 is 8.78 Å². The van der Waals surface area contributed by atoms with E-state index in [-0.39, 0.29) is 5.54 Å². The molecule has 2 rings (SSSR count). The molecule has 0 N–H and O–H groups in total. The normalized spacial score (nSPS) is 12.2. The Balaban J connectivity index is 2.44. The smallest absolute Gasteiger partial charge is 0.254 e. The van der Waals surface area contributed by atoms with E-state index < -0.39 is 59.7 Å². The third-order valence-corrected chi connectivity index (χ3v) is 12.5. The van der Waals surface area contributed by atoms with Crippen LogP contribution in [0, 0.1) is 41.0 Å². The van der Waals surface area contributed by atoms with Crippen LogP contribution < -0.4 is 4.43 Å². The van der Waals surface area contributed by atoms with E-state index in [1.807, 2.05) is 13.8 Å². The third-order valence-electron chi connectivity index (χ3n) is 7.40. The largest absolute Gasteiger partial charge is 0.539 e. The molecule has 37 heavy (non-hydrogen) atoms. The summed E-state index contributed by atoms with van der Waals surface area (Å²) in [5.41, 5.74) is -0.0706. The fraction of sp³-hybridized carbons (Fsp3) is 0.655. The number of benzene rings is 2. The number of rotatable bonds is 17. The quantitative estimate of drug-likeness (QED) is 0.0828. The molecule has 2 aromatic rings. The van der Waals surface area contributed by atoms with Gasteiger partial charge in [0.05, 0.1) is 16.8 Å². The van der Waals surface area contributed by atoms with Gasteiger partial charge in [0, 0.05) is 0 Å². The van der Waals surface area contributed by atoms with Crippen molar-refractivity contribution in [2.45, 2.75) is 122 Å². The van der Waals surface area contributed by atoms with Crippen molar-refractivity contribution in [1.29, 1.82) is 0 Å². The Morgan fingerprint density at radius 3 is 1.57 bits per heavy atom. The molecule has 0 atom stereocenters. The minimum atomic E-state index is -2.93. The Morgan fingerprint density at radius 1 is 0.595 bits per heavy atom. The van der Waals surface area contributed by atoms with Crippen LogP contribution in [0.4, 0.5) is 26.3 Å². The fourth-order valence-corrected chi connectivity index (χ4v) is 9.13. The zero-order valence-corrected chi connectivity index (χ0v) is 23.7. The average Bonchev–Trinajstić information content (AvgIpc) is 2.86. The molecule has 209 valence electrons. The van der Waals surface area contributed by atoms with Gasteiger partial charge in [-0.15, -0.1) is 0 Å². The van der Waals surface area contributed by atoms with Crippen LogP contribution >= 0.6 is 0 Å². The van der Waals surface area contributed by atoms with Gasteiger partial charge in [-0.25, -0.2) is 22.0 Å². The number of hydrogen-bond donors (Lipinski definition) is 0. The van der Waals surface area contributed by atoms with Crippen LogP contribution in [-0.4, -0.2) is 8.32 Å². The maximum atomic E-state index is 15.5. The zero-order valence-electron chi connectivity index (χ0n) is 22.7. The van der Waals surface area contributed by atoms with Crippen LogP contribution in [-0.2, 0) is 0 Å². The number of unbranched alkanes of at least 4 members (excludes halogenated alkanes) is 10. The lowest BCUT2D eigenvalue weighted by Gasteiger charge is -2.36. The molecule has 0 aliphatic heterocycles. The molecule has 0 aliphatic carbocycles. The molecule has 0 fully saturated rings. The summed E-state index contributed by atoms with van der Waals surface area (Å²) < 4.78 is 94.1. The SMILES string of the molecule is CCCCCCCC[Si](CCCCCCCC)(Oc1c(F)c(F)c2c(F)[c]c(F)c(F)c2c1F)C(C)C. The Kier molecular flexibility index (Phi) is 12.8. The Labute approximate surface area is 219 Å². The first-order chi connectivity index (χ1) is 17.6. The highest BCUT2D eigenvalue weighted by atomic mass is 28.4. The molecule has 0 bridgehead atoms. The van der Waals surface area contributed by atoms with Crippen molar-refractivity contribution in [3.63, 3.8) is 0 Å². The zero-order chi connectivity index (χ0) is 27.6. The molecular formula is C29H41F6OSi. The molecule has 0 unspecified atom stereocenters. The van der Waals surface area contributed by atoms with Gasteiger partial charge in [0.25, 0.3) is 8.32 Å². The molecule has 8 heteroatoms. The van der Waals surface area contributed by atoms with Crippen molar-refractivity contribution in [2.75, 3.05) is 0 Å². The number of fused-ring (bicyclic) bond motifs is 1. The Morgan fingerprint density at radius 2 is 1.08 bits per heavy atom. The average molecular weight is 548 g/mol. The lowest BCUT2D eigenvalue weighted by molar-refractivity contribution is 0.404.